The minimum Gasteiger partial charge on any atom is -0.324 e. The second-order valence-electron chi connectivity index (χ2n) is 6.61. The summed E-state index contributed by atoms with van der Waals surface area (Å²) in [7, 11) is 0. The third kappa shape index (κ3) is 6.19. The van der Waals surface area contributed by atoms with Gasteiger partial charge in [0, 0.05) is 6.20 Å². The molecule has 0 fully saturated rings. The van der Waals surface area contributed by atoms with Crippen LogP contribution in [0.4, 0.5) is 5.69 Å². The molecule has 0 aliphatic rings. The van der Waals surface area contributed by atoms with Crippen LogP contribution in [-0.2, 0) is 0 Å². The van der Waals surface area contributed by atoms with Crippen LogP contribution in [0.15, 0.2) is 29.5 Å². The molecular weight excluding hydrogens is 250 g/mol. The summed E-state index contributed by atoms with van der Waals surface area (Å²) in [6.45, 7) is 10.6. The third-order valence-electron chi connectivity index (χ3n) is 2.48. The van der Waals surface area contributed by atoms with Crippen LogP contribution in [0.1, 0.15) is 41.0 Å². The van der Waals surface area contributed by atoms with Crippen molar-refractivity contribution in [2.24, 2.45) is 10.4 Å². The third-order valence-corrected chi connectivity index (χ3v) is 2.48. The van der Waals surface area contributed by atoms with E-state index in [-0.39, 0.29) is 11.0 Å². The Morgan fingerprint density at radius 2 is 2.05 bits per heavy atom. The van der Waals surface area contributed by atoms with Crippen LogP contribution in [0.2, 0.25) is 0 Å². The van der Waals surface area contributed by atoms with E-state index in [0.717, 1.165) is 12.1 Å². The molecule has 0 spiro atoms. The van der Waals surface area contributed by atoms with Crippen molar-refractivity contribution in [2.45, 2.75) is 46.6 Å². The summed E-state index contributed by atoms with van der Waals surface area (Å²) in [4.78, 5) is 8.65. The first kappa shape index (κ1) is 16.0. The van der Waals surface area contributed by atoms with E-state index >= 15 is 0 Å². The average Bonchev–Trinajstić information content (AvgIpc) is 2.26. The molecule has 0 aliphatic heterocycles. The van der Waals surface area contributed by atoms with Gasteiger partial charge < -0.3 is 5.32 Å². The predicted octanol–water partition coefficient (Wildman–Crippen LogP) is 3.13. The molecule has 5 nitrogen and oxygen atoms in total. The van der Waals surface area contributed by atoms with E-state index in [4.69, 9.17) is 5.26 Å². The van der Waals surface area contributed by atoms with Gasteiger partial charge >= 0.3 is 0 Å². The van der Waals surface area contributed by atoms with Crippen LogP contribution < -0.4 is 10.6 Å². The fraction of sp³-hybridized carbons (Fsp3) is 0.533. The van der Waals surface area contributed by atoms with Gasteiger partial charge in [0.2, 0.25) is 5.96 Å². The van der Waals surface area contributed by atoms with Crippen LogP contribution in [0.3, 0.4) is 0 Å². The molecule has 0 aliphatic carbocycles. The smallest absolute Gasteiger partial charge is 0.209 e. The number of hydrogen-bond donors (Lipinski definition) is 2. The number of aromatic nitrogens is 1. The van der Waals surface area contributed by atoms with Crippen molar-refractivity contribution in [3.8, 4) is 6.19 Å². The minimum absolute atomic E-state index is 0.166. The Bertz CT molecular complexity index is 491. The van der Waals surface area contributed by atoms with Gasteiger partial charge in [-0.2, -0.15) is 5.26 Å². The van der Waals surface area contributed by atoms with Crippen molar-refractivity contribution < 1.29 is 0 Å². The lowest BCUT2D eigenvalue weighted by atomic mass is 9.82. The molecule has 0 unspecified atom stereocenters. The maximum atomic E-state index is 8.85. The first-order chi connectivity index (χ1) is 9.22. The lowest BCUT2D eigenvalue weighted by Gasteiger charge is -2.29. The highest BCUT2D eigenvalue weighted by molar-refractivity contribution is 5.94. The number of nitrogens with zero attached hydrogens (tertiary/aromatic N) is 3. The molecule has 108 valence electrons. The number of nitriles is 1. The van der Waals surface area contributed by atoms with Crippen LogP contribution in [-0.4, -0.2) is 16.5 Å². The highest BCUT2D eigenvalue weighted by atomic mass is 15.2. The second kappa shape index (κ2) is 6.38. The Labute approximate surface area is 121 Å². The Kier molecular flexibility index (Phi) is 5.09. The molecule has 2 N–H and O–H groups in total. The first-order valence-electron chi connectivity index (χ1n) is 6.64. The minimum atomic E-state index is -0.271. The fourth-order valence-corrected chi connectivity index (χ4v) is 2.35. The highest BCUT2D eigenvalue weighted by Crippen LogP contribution is 2.29. The Hall–Kier alpha value is -2.09. The van der Waals surface area contributed by atoms with Gasteiger partial charge in [0.1, 0.15) is 0 Å². The number of guanidine groups is 1. The van der Waals surface area contributed by atoms with Gasteiger partial charge in [0.05, 0.1) is 17.4 Å². The normalized spacial score (nSPS) is 12.7. The molecule has 0 aromatic carbocycles. The molecule has 1 aromatic rings. The molecule has 20 heavy (non-hydrogen) atoms. The average molecular weight is 273 g/mol. The number of hydrogen-bond acceptors (Lipinski definition) is 3. The molecule has 0 amide bonds. The summed E-state index contributed by atoms with van der Waals surface area (Å²) < 4.78 is 0. The second-order valence-corrected chi connectivity index (χ2v) is 6.61. The van der Waals surface area contributed by atoms with Gasteiger partial charge in [-0.25, -0.2) is 4.99 Å². The van der Waals surface area contributed by atoms with Crippen LogP contribution in [0.25, 0.3) is 0 Å². The summed E-state index contributed by atoms with van der Waals surface area (Å²) in [6, 6.07) is 3.70. The maximum absolute atomic E-state index is 8.85. The van der Waals surface area contributed by atoms with E-state index in [9.17, 15) is 0 Å². The molecule has 1 aromatic heterocycles. The molecule has 0 bridgehead atoms. The largest absolute Gasteiger partial charge is 0.324 e. The topological polar surface area (TPSA) is 73.1 Å². The van der Waals surface area contributed by atoms with Gasteiger partial charge in [-0.05, 0) is 37.8 Å². The molecule has 5 heteroatoms. The lowest BCUT2D eigenvalue weighted by Crippen LogP contribution is -2.33. The van der Waals surface area contributed by atoms with Crippen molar-refractivity contribution in [3.05, 3.63) is 24.5 Å². The fourth-order valence-electron chi connectivity index (χ4n) is 2.35. The van der Waals surface area contributed by atoms with E-state index in [0.29, 0.717) is 5.96 Å². The van der Waals surface area contributed by atoms with Gasteiger partial charge in [-0.15, -0.1) is 0 Å². The molecule has 0 atom stereocenters. The van der Waals surface area contributed by atoms with Crippen LogP contribution >= 0.6 is 0 Å². The van der Waals surface area contributed by atoms with Gasteiger partial charge in [-0.1, -0.05) is 20.8 Å². The number of aliphatic imine (C=N–C) groups is 1. The number of rotatable bonds is 3. The van der Waals surface area contributed by atoms with E-state index < -0.39 is 0 Å². The molecule has 1 heterocycles. The van der Waals surface area contributed by atoms with E-state index in [1.807, 2.05) is 18.3 Å². The van der Waals surface area contributed by atoms with E-state index in [2.05, 4.69) is 55.2 Å². The standard InChI is InChI=1S/C15H23N5/c1-14(2,3)10-15(4,5)20-13(18-11-16)19-12-7-6-8-17-9-12/h6-9H,10H2,1-5H3,(H2,18,19,20). The summed E-state index contributed by atoms with van der Waals surface area (Å²) >= 11 is 0. The Balaban J connectivity index is 2.90. The maximum Gasteiger partial charge on any atom is 0.209 e. The van der Waals surface area contributed by atoms with Crippen molar-refractivity contribution >= 4 is 11.6 Å². The Morgan fingerprint density at radius 3 is 2.55 bits per heavy atom. The molecule has 0 saturated carbocycles. The van der Waals surface area contributed by atoms with Crippen molar-refractivity contribution in [2.75, 3.05) is 5.32 Å². The monoisotopic (exact) mass is 273 g/mol. The lowest BCUT2D eigenvalue weighted by molar-refractivity contribution is 0.288. The first-order valence-corrected chi connectivity index (χ1v) is 6.64. The van der Waals surface area contributed by atoms with Crippen molar-refractivity contribution in [3.63, 3.8) is 0 Å². The summed E-state index contributed by atoms with van der Waals surface area (Å²) in [5.74, 6) is 0.440. The van der Waals surface area contributed by atoms with E-state index in [1.165, 1.54) is 0 Å². The molecule has 1 rings (SSSR count). The molecule has 0 saturated heterocycles. The zero-order chi connectivity index (χ0) is 15.2. The van der Waals surface area contributed by atoms with Crippen LogP contribution in [0, 0.1) is 16.9 Å². The summed E-state index contributed by atoms with van der Waals surface area (Å²) in [5, 5.41) is 14.5. The van der Waals surface area contributed by atoms with E-state index in [1.54, 1.807) is 12.4 Å². The van der Waals surface area contributed by atoms with Gasteiger partial charge in [0.15, 0.2) is 6.19 Å². The van der Waals surface area contributed by atoms with Gasteiger partial charge in [-0.3, -0.25) is 10.3 Å². The predicted molar refractivity (Wildman–Crippen MR) is 82.2 cm³/mol. The number of anilines is 1. The zero-order valence-corrected chi connectivity index (χ0v) is 12.9. The SMILES string of the molecule is CC(C)(C)CC(C)(C)N=C(NC#N)Nc1cccnc1. The van der Waals surface area contributed by atoms with Crippen molar-refractivity contribution in [1.29, 1.82) is 5.26 Å². The molecular formula is C15H23N5. The summed E-state index contributed by atoms with van der Waals surface area (Å²) in [6.07, 6.45) is 6.20. The number of pyridine rings is 1. The van der Waals surface area contributed by atoms with Crippen molar-refractivity contribution in [1.82, 2.24) is 10.3 Å². The van der Waals surface area contributed by atoms with Crippen LogP contribution in [0.5, 0.6) is 0 Å². The quantitative estimate of drug-likeness (QED) is 0.384. The zero-order valence-electron chi connectivity index (χ0n) is 12.9. The Morgan fingerprint density at radius 1 is 1.35 bits per heavy atom. The van der Waals surface area contributed by atoms with Gasteiger partial charge in [0.25, 0.3) is 0 Å². The number of nitrogens with one attached hydrogen (secondary N) is 2. The summed E-state index contributed by atoms with van der Waals surface area (Å²) in [5.41, 5.74) is 0.687. The highest BCUT2D eigenvalue weighted by Gasteiger charge is 2.25. The molecule has 0 radical (unpaired) electrons.